The number of fused-ring (bicyclic) bond motifs is 1. The topological polar surface area (TPSA) is 50.4 Å². The van der Waals surface area contributed by atoms with E-state index in [1.54, 1.807) is 7.05 Å². The molecule has 1 unspecified atom stereocenters. The summed E-state index contributed by atoms with van der Waals surface area (Å²) in [4.78, 5) is 11.2. The third kappa shape index (κ3) is 2.48. The quantitative estimate of drug-likeness (QED) is 0.851. The molecule has 18 heavy (non-hydrogen) atoms. The summed E-state index contributed by atoms with van der Waals surface area (Å²) in [5, 5.41) is 6.03. The predicted octanol–water partition coefficient (Wildman–Crippen LogP) is 1.62. The van der Waals surface area contributed by atoms with E-state index in [2.05, 4.69) is 30.5 Å². The molecule has 1 aliphatic rings. The summed E-state index contributed by atoms with van der Waals surface area (Å²) >= 11 is 0. The normalized spacial score (nSPS) is 20.1. The van der Waals surface area contributed by atoms with Crippen molar-refractivity contribution in [3.8, 4) is 5.75 Å². The lowest BCUT2D eigenvalue weighted by Gasteiger charge is -2.27. The van der Waals surface area contributed by atoms with Crippen molar-refractivity contribution in [1.29, 1.82) is 0 Å². The van der Waals surface area contributed by atoms with Crippen LogP contribution in [0.5, 0.6) is 5.75 Å². The fourth-order valence-corrected chi connectivity index (χ4v) is 2.34. The highest BCUT2D eigenvalue weighted by Gasteiger charge is 2.40. The molecule has 1 heterocycles. The molecule has 2 rings (SSSR count). The van der Waals surface area contributed by atoms with Crippen LogP contribution in [0.3, 0.4) is 0 Å². The predicted molar refractivity (Wildman–Crippen MR) is 70.6 cm³/mol. The van der Waals surface area contributed by atoms with E-state index in [0.29, 0.717) is 13.0 Å². The molecule has 0 saturated carbocycles. The minimum absolute atomic E-state index is 0.0486. The summed E-state index contributed by atoms with van der Waals surface area (Å²) in [6.07, 6.45) is 0.477. The molecule has 4 heteroatoms. The maximum atomic E-state index is 11.2. The number of benzene rings is 1. The molecule has 0 aliphatic carbocycles. The zero-order chi connectivity index (χ0) is 13.2. The highest BCUT2D eigenvalue weighted by molar-refractivity contribution is 5.75. The number of carbonyl (C=O) groups excluding carboxylic acids is 1. The van der Waals surface area contributed by atoms with Crippen LogP contribution in [0.4, 0.5) is 0 Å². The maximum absolute atomic E-state index is 11.2. The van der Waals surface area contributed by atoms with E-state index in [1.807, 2.05) is 18.2 Å². The van der Waals surface area contributed by atoms with Crippen molar-refractivity contribution >= 4 is 5.91 Å². The number of carbonyl (C=O) groups is 1. The average Bonchev–Trinajstić information content (AvgIpc) is 2.60. The Morgan fingerprint density at radius 3 is 2.83 bits per heavy atom. The fraction of sp³-hybridized carbons (Fsp3) is 0.500. The van der Waals surface area contributed by atoms with Crippen molar-refractivity contribution in [2.24, 2.45) is 0 Å². The van der Waals surface area contributed by atoms with Gasteiger partial charge in [-0.2, -0.15) is 0 Å². The van der Waals surface area contributed by atoms with E-state index in [1.165, 1.54) is 5.56 Å². The summed E-state index contributed by atoms with van der Waals surface area (Å²) in [7, 11) is 1.65. The lowest BCUT2D eigenvalue weighted by Crippen LogP contribution is -2.40. The summed E-state index contributed by atoms with van der Waals surface area (Å²) in [5.41, 5.74) is 0.881. The molecule has 4 nitrogen and oxygen atoms in total. The van der Waals surface area contributed by atoms with Gasteiger partial charge in [-0.15, -0.1) is 0 Å². The van der Waals surface area contributed by atoms with Crippen LogP contribution in [0, 0.1) is 0 Å². The molecule has 1 aromatic carbocycles. The first-order valence-electron chi connectivity index (χ1n) is 6.26. The van der Waals surface area contributed by atoms with E-state index in [0.717, 1.165) is 5.75 Å². The number of hydrogen-bond donors (Lipinski definition) is 2. The van der Waals surface area contributed by atoms with Crippen LogP contribution < -0.4 is 15.4 Å². The Hall–Kier alpha value is -1.55. The number of nitrogens with one attached hydrogen (secondary N) is 2. The maximum Gasteiger partial charge on any atom is 0.221 e. The first-order chi connectivity index (χ1) is 8.54. The highest BCUT2D eigenvalue weighted by atomic mass is 16.5. The van der Waals surface area contributed by atoms with E-state index in [-0.39, 0.29) is 17.6 Å². The monoisotopic (exact) mass is 248 g/mol. The minimum atomic E-state index is -0.285. The molecule has 0 bridgehead atoms. The van der Waals surface area contributed by atoms with Gasteiger partial charge in [0.25, 0.3) is 0 Å². The van der Waals surface area contributed by atoms with Crippen molar-refractivity contribution < 1.29 is 9.53 Å². The molecule has 98 valence electrons. The van der Waals surface area contributed by atoms with Crippen LogP contribution in [0.15, 0.2) is 24.3 Å². The van der Waals surface area contributed by atoms with Crippen molar-refractivity contribution in [3.63, 3.8) is 0 Å². The van der Waals surface area contributed by atoms with Gasteiger partial charge >= 0.3 is 0 Å². The second kappa shape index (κ2) is 4.98. The van der Waals surface area contributed by atoms with Gasteiger partial charge in [0.2, 0.25) is 5.91 Å². The Kier molecular flexibility index (Phi) is 3.57. The molecule has 0 saturated heterocycles. The van der Waals surface area contributed by atoms with Gasteiger partial charge < -0.3 is 15.4 Å². The highest BCUT2D eigenvalue weighted by Crippen LogP contribution is 2.42. The van der Waals surface area contributed by atoms with Gasteiger partial charge in [-0.1, -0.05) is 18.2 Å². The van der Waals surface area contributed by atoms with E-state index in [4.69, 9.17) is 4.74 Å². The van der Waals surface area contributed by atoms with Crippen molar-refractivity contribution in [1.82, 2.24) is 10.6 Å². The first-order valence-corrected chi connectivity index (χ1v) is 6.26. The van der Waals surface area contributed by atoms with Gasteiger partial charge in [0.15, 0.2) is 0 Å². The van der Waals surface area contributed by atoms with Gasteiger partial charge in [0.1, 0.15) is 11.4 Å². The smallest absolute Gasteiger partial charge is 0.221 e. The van der Waals surface area contributed by atoms with Crippen molar-refractivity contribution in [2.75, 3.05) is 13.6 Å². The van der Waals surface area contributed by atoms with E-state index in [9.17, 15) is 4.79 Å². The molecule has 1 aliphatic heterocycles. The van der Waals surface area contributed by atoms with Gasteiger partial charge in [-0.3, -0.25) is 4.79 Å². The Bertz CT molecular complexity index is 443. The first kappa shape index (κ1) is 12.9. The van der Waals surface area contributed by atoms with E-state index < -0.39 is 0 Å². The van der Waals surface area contributed by atoms with Crippen molar-refractivity contribution in [3.05, 3.63) is 29.8 Å². The Balaban J connectivity index is 2.04. The Labute approximate surface area is 108 Å². The third-order valence-corrected chi connectivity index (χ3v) is 3.28. The average molecular weight is 248 g/mol. The second-order valence-corrected chi connectivity index (χ2v) is 5.05. The van der Waals surface area contributed by atoms with Crippen molar-refractivity contribution in [2.45, 2.75) is 31.9 Å². The molecular weight excluding hydrogens is 228 g/mol. The van der Waals surface area contributed by atoms with Crippen LogP contribution in [0.2, 0.25) is 0 Å². The van der Waals surface area contributed by atoms with Crippen LogP contribution in [0.25, 0.3) is 0 Å². The minimum Gasteiger partial charge on any atom is -0.486 e. The van der Waals surface area contributed by atoms with Crippen LogP contribution in [-0.2, 0) is 4.79 Å². The molecule has 1 amide bonds. The molecule has 0 fully saturated rings. The number of rotatable bonds is 4. The summed E-state index contributed by atoms with van der Waals surface area (Å²) < 4.78 is 5.93. The molecule has 1 atom stereocenters. The molecule has 1 aromatic rings. The second-order valence-electron chi connectivity index (χ2n) is 5.05. The van der Waals surface area contributed by atoms with Gasteiger partial charge in [0.05, 0.1) is 6.04 Å². The molecule has 0 aromatic heterocycles. The van der Waals surface area contributed by atoms with Gasteiger partial charge in [-0.05, 0) is 19.9 Å². The largest absolute Gasteiger partial charge is 0.486 e. The molecule has 2 N–H and O–H groups in total. The van der Waals surface area contributed by atoms with Crippen LogP contribution >= 0.6 is 0 Å². The van der Waals surface area contributed by atoms with Crippen LogP contribution in [-0.4, -0.2) is 25.1 Å². The Morgan fingerprint density at radius 1 is 1.39 bits per heavy atom. The molecule has 0 spiro atoms. The lowest BCUT2D eigenvalue weighted by atomic mass is 9.94. The summed E-state index contributed by atoms with van der Waals surface area (Å²) in [6.45, 7) is 4.76. The lowest BCUT2D eigenvalue weighted by molar-refractivity contribution is -0.120. The van der Waals surface area contributed by atoms with Crippen LogP contribution in [0.1, 0.15) is 31.9 Å². The summed E-state index contributed by atoms with van der Waals surface area (Å²) in [6, 6.07) is 8.16. The molecule has 0 radical (unpaired) electrons. The number of para-hydroxylation sites is 1. The van der Waals surface area contributed by atoms with Gasteiger partial charge in [-0.25, -0.2) is 0 Å². The van der Waals surface area contributed by atoms with Gasteiger partial charge in [0, 0.05) is 25.6 Å². The fourth-order valence-electron chi connectivity index (χ4n) is 2.34. The zero-order valence-electron chi connectivity index (χ0n) is 11.1. The summed E-state index contributed by atoms with van der Waals surface area (Å²) in [5.74, 6) is 0.979. The number of ether oxygens (including phenoxy) is 1. The zero-order valence-corrected chi connectivity index (χ0v) is 11.1. The SMILES string of the molecule is CNC(=O)CCNC1c2ccccc2OC1(C)C. The van der Waals surface area contributed by atoms with E-state index >= 15 is 0 Å². The Morgan fingerprint density at radius 2 is 2.11 bits per heavy atom. The standard InChI is InChI=1S/C14H20N2O2/c1-14(2)13(16-9-8-12(17)15-3)10-6-4-5-7-11(10)18-14/h4-7,13,16H,8-9H2,1-3H3,(H,15,17). The third-order valence-electron chi connectivity index (χ3n) is 3.28. The number of amides is 1. The molecular formula is C14H20N2O2. The number of hydrogen-bond acceptors (Lipinski definition) is 3.